The van der Waals surface area contributed by atoms with E-state index in [2.05, 4.69) is 35.4 Å². The van der Waals surface area contributed by atoms with Crippen LogP contribution in [0.4, 0.5) is 11.4 Å². The molecule has 1 saturated heterocycles. The molecule has 2 aliphatic rings. The summed E-state index contributed by atoms with van der Waals surface area (Å²) in [5.41, 5.74) is 10.8. The molecule has 0 radical (unpaired) electrons. The molecule has 96 valence electrons. The number of nitrogens with two attached hydrogens (primary N) is 1. The fraction of sp³-hybridized carbons (Fsp3) is 0.467. The van der Waals surface area contributed by atoms with E-state index in [9.17, 15) is 0 Å². The lowest BCUT2D eigenvalue weighted by Crippen LogP contribution is -2.56. The van der Waals surface area contributed by atoms with Gasteiger partial charge in [0.05, 0.1) is 0 Å². The predicted molar refractivity (Wildman–Crippen MR) is 76.9 cm³/mol. The first kappa shape index (κ1) is 11.6. The molecule has 18 heavy (non-hydrogen) atoms. The number of hydrogen-bond donors (Lipinski definition) is 1. The van der Waals surface area contributed by atoms with E-state index in [1.807, 2.05) is 6.07 Å². The Morgan fingerprint density at radius 2 is 2.28 bits per heavy atom. The third kappa shape index (κ3) is 1.99. The van der Waals surface area contributed by atoms with Crippen molar-refractivity contribution in [2.75, 3.05) is 36.8 Å². The van der Waals surface area contributed by atoms with Crippen LogP contribution in [0.25, 0.3) is 0 Å². The molecule has 1 fully saturated rings. The van der Waals surface area contributed by atoms with Gasteiger partial charge in [-0.1, -0.05) is 18.2 Å². The molecule has 3 nitrogen and oxygen atoms in total. The summed E-state index contributed by atoms with van der Waals surface area (Å²) >= 11 is 0. The van der Waals surface area contributed by atoms with E-state index in [0.717, 1.165) is 38.3 Å². The summed E-state index contributed by atoms with van der Waals surface area (Å²) in [5.74, 6) is 0. The molecule has 0 aliphatic carbocycles. The van der Waals surface area contributed by atoms with Gasteiger partial charge < -0.3 is 10.6 Å². The van der Waals surface area contributed by atoms with Crippen LogP contribution >= 0.6 is 0 Å². The van der Waals surface area contributed by atoms with Crippen molar-refractivity contribution in [2.24, 2.45) is 0 Å². The van der Waals surface area contributed by atoms with Gasteiger partial charge in [-0.2, -0.15) is 0 Å². The molecule has 0 aromatic heterocycles. The van der Waals surface area contributed by atoms with Gasteiger partial charge in [0.1, 0.15) is 0 Å². The molecule has 1 atom stereocenters. The van der Waals surface area contributed by atoms with E-state index in [1.54, 1.807) is 0 Å². The Hall–Kier alpha value is -1.48. The Labute approximate surface area is 109 Å². The second kappa shape index (κ2) is 4.32. The molecular formula is C15H21N3. The number of benzene rings is 1. The Balaban J connectivity index is 1.86. The van der Waals surface area contributed by atoms with Gasteiger partial charge in [-0.25, -0.2) is 0 Å². The zero-order valence-electron chi connectivity index (χ0n) is 11.0. The highest BCUT2D eigenvalue weighted by Gasteiger charge is 2.32. The van der Waals surface area contributed by atoms with Crippen LogP contribution in [0.15, 0.2) is 30.4 Å². The largest absolute Gasteiger partial charge is 0.399 e. The molecule has 0 saturated carbocycles. The second-order valence-electron chi connectivity index (χ2n) is 5.62. The van der Waals surface area contributed by atoms with Crippen molar-refractivity contribution in [3.05, 3.63) is 35.9 Å². The quantitative estimate of drug-likeness (QED) is 0.636. The minimum Gasteiger partial charge on any atom is -0.399 e. The summed E-state index contributed by atoms with van der Waals surface area (Å²) in [5, 5.41) is 0. The average molecular weight is 243 g/mol. The summed E-state index contributed by atoms with van der Waals surface area (Å²) in [7, 11) is 0. The van der Waals surface area contributed by atoms with Crippen molar-refractivity contribution in [3.8, 4) is 0 Å². The minimum absolute atomic E-state index is 0.631. The van der Waals surface area contributed by atoms with Crippen molar-refractivity contribution < 1.29 is 0 Å². The normalized spacial score (nSPS) is 22.7. The summed E-state index contributed by atoms with van der Waals surface area (Å²) in [4.78, 5) is 5.05. The molecule has 2 heterocycles. The summed E-state index contributed by atoms with van der Waals surface area (Å²) in [6, 6.07) is 6.96. The van der Waals surface area contributed by atoms with Gasteiger partial charge in [0.15, 0.2) is 0 Å². The van der Waals surface area contributed by atoms with Crippen LogP contribution in [0, 0.1) is 0 Å². The molecule has 0 amide bonds. The number of nitrogens with zero attached hydrogens (tertiary/aromatic N) is 2. The first-order valence-electron chi connectivity index (χ1n) is 6.65. The van der Waals surface area contributed by atoms with Crippen molar-refractivity contribution in [3.63, 3.8) is 0 Å². The zero-order chi connectivity index (χ0) is 12.7. The van der Waals surface area contributed by atoms with E-state index in [0.29, 0.717) is 6.04 Å². The van der Waals surface area contributed by atoms with Crippen LogP contribution in [0.5, 0.6) is 0 Å². The van der Waals surface area contributed by atoms with Gasteiger partial charge in [-0.15, -0.1) is 0 Å². The van der Waals surface area contributed by atoms with E-state index in [4.69, 9.17) is 5.73 Å². The van der Waals surface area contributed by atoms with Crippen molar-refractivity contribution >= 4 is 11.4 Å². The molecule has 0 spiro atoms. The van der Waals surface area contributed by atoms with Gasteiger partial charge in [0, 0.05) is 43.6 Å². The van der Waals surface area contributed by atoms with Crippen molar-refractivity contribution in [1.29, 1.82) is 0 Å². The lowest BCUT2D eigenvalue weighted by atomic mass is 9.94. The van der Waals surface area contributed by atoms with E-state index < -0.39 is 0 Å². The highest BCUT2D eigenvalue weighted by atomic mass is 15.3. The average Bonchev–Trinajstić information content (AvgIpc) is 2.33. The van der Waals surface area contributed by atoms with E-state index in [-0.39, 0.29) is 0 Å². The maximum Gasteiger partial charge on any atom is 0.0421 e. The highest BCUT2D eigenvalue weighted by Crippen LogP contribution is 2.33. The second-order valence-corrected chi connectivity index (χ2v) is 5.62. The zero-order valence-corrected chi connectivity index (χ0v) is 11.0. The van der Waals surface area contributed by atoms with Crippen LogP contribution in [-0.4, -0.2) is 37.1 Å². The highest BCUT2D eigenvalue weighted by molar-refractivity contribution is 5.63. The van der Waals surface area contributed by atoms with Crippen LogP contribution in [0.1, 0.15) is 12.5 Å². The van der Waals surface area contributed by atoms with Gasteiger partial charge in [0.25, 0.3) is 0 Å². The standard InChI is InChI=1S/C15H21N3/c1-11(2)9-17-5-6-18-10-14(17)7-12-3-4-13(16)8-15(12)18/h3-4,8,14H,1,5-7,9-10,16H2,2H3. The number of piperazine rings is 1. The molecule has 2 bridgehead atoms. The monoisotopic (exact) mass is 243 g/mol. The van der Waals surface area contributed by atoms with Crippen LogP contribution < -0.4 is 10.6 Å². The van der Waals surface area contributed by atoms with Gasteiger partial charge in [0.2, 0.25) is 0 Å². The molecular weight excluding hydrogens is 222 g/mol. The van der Waals surface area contributed by atoms with Gasteiger partial charge in [-0.3, -0.25) is 4.90 Å². The summed E-state index contributed by atoms with van der Waals surface area (Å²) in [6.45, 7) is 10.5. The number of hydrogen-bond acceptors (Lipinski definition) is 3. The van der Waals surface area contributed by atoms with Gasteiger partial charge in [-0.05, 0) is 31.0 Å². The summed E-state index contributed by atoms with van der Waals surface area (Å²) < 4.78 is 0. The first-order chi connectivity index (χ1) is 8.63. The Kier molecular flexibility index (Phi) is 2.78. The first-order valence-corrected chi connectivity index (χ1v) is 6.65. The number of nitrogen functional groups attached to an aromatic ring is 1. The lowest BCUT2D eigenvalue weighted by molar-refractivity contribution is 0.184. The molecule has 2 N–H and O–H groups in total. The SMILES string of the molecule is C=C(C)CN1CCN2CC1Cc1ccc(N)cc12. The Morgan fingerprint density at radius 1 is 1.44 bits per heavy atom. The predicted octanol–water partition coefficient (Wildman–Crippen LogP) is 1.89. The van der Waals surface area contributed by atoms with Crippen molar-refractivity contribution in [1.82, 2.24) is 4.90 Å². The van der Waals surface area contributed by atoms with E-state index >= 15 is 0 Å². The lowest BCUT2D eigenvalue weighted by Gasteiger charge is -2.47. The number of fused-ring (bicyclic) bond motifs is 4. The Bertz CT molecular complexity index is 481. The smallest absolute Gasteiger partial charge is 0.0421 e. The fourth-order valence-electron chi connectivity index (χ4n) is 3.16. The molecule has 3 rings (SSSR count). The maximum absolute atomic E-state index is 5.90. The Morgan fingerprint density at radius 3 is 3.06 bits per heavy atom. The molecule has 3 heteroatoms. The molecule has 2 aliphatic heterocycles. The third-order valence-corrected chi connectivity index (χ3v) is 3.98. The van der Waals surface area contributed by atoms with E-state index in [1.165, 1.54) is 16.8 Å². The maximum atomic E-state index is 5.90. The van der Waals surface area contributed by atoms with Crippen LogP contribution in [0.2, 0.25) is 0 Å². The van der Waals surface area contributed by atoms with Crippen molar-refractivity contribution in [2.45, 2.75) is 19.4 Å². The molecule has 1 aromatic carbocycles. The van der Waals surface area contributed by atoms with Gasteiger partial charge >= 0.3 is 0 Å². The van der Waals surface area contributed by atoms with Crippen LogP contribution in [0.3, 0.4) is 0 Å². The number of anilines is 2. The number of rotatable bonds is 2. The minimum atomic E-state index is 0.631. The molecule has 1 unspecified atom stereocenters. The molecule has 1 aromatic rings. The third-order valence-electron chi connectivity index (χ3n) is 3.98. The van der Waals surface area contributed by atoms with Crippen LogP contribution in [-0.2, 0) is 6.42 Å². The fourth-order valence-corrected chi connectivity index (χ4v) is 3.16. The summed E-state index contributed by atoms with van der Waals surface area (Å²) in [6.07, 6.45) is 1.14. The topological polar surface area (TPSA) is 32.5 Å².